The molecule has 0 aliphatic heterocycles. The molecule has 25 heavy (non-hydrogen) atoms. The average molecular weight is 339 g/mol. The van der Waals surface area contributed by atoms with E-state index in [0.717, 1.165) is 5.56 Å². The molecule has 0 spiro atoms. The second kappa shape index (κ2) is 7.66. The van der Waals surface area contributed by atoms with Crippen LogP contribution < -0.4 is 4.74 Å². The largest absolute Gasteiger partial charge is 0.497 e. The van der Waals surface area contributed by atoms with Gasteiger partial charge in [0.2, 0.25) is 0 Å². The zero-order valence-electron chi connectivity index (χ0n) is 13.8. The lowest BCUT2D eigenvalue weighted by atomic mass is 10.1. The van der Waals surface area contributed by atoms with E-state index in [1.165, 1.54) is 12.1 Å². The summed E-state index contributed by atoms with van der Waals surface area (Å²) in [5.74, 6) is 0.933. The van der Waals surface area contributed by atoms with Crippen molar-refractivity contribution < 1.29 is 18.3 Å². The van der Waals surface area contributed by atoms with Crippen molar-refractivity contribution in [1.82, 2.24) is 4.90 Å². The van der Waals surface area contributed by atoms with Gasteiger partial charge in [0.25, 0.3) is 5.91 Å². The minimum Gasteiger partial charge on any atom is -0.497 e. The van der Waals surface area contributed by atoms with Crippen LogP contribution in [0.3, 0.4) is 0 Å². The molecular formula is C20H18FNO3. The van der Waals surface area contributed by atoms with Crippen molar-refractivity contribution in [3.63, 3.8) is 0 Å². The normalized spacial score (nSPS) is 10.5. The molecule has 0 saturated heterocycles. The zero-order chi connectivity index (χ0) is 17.6. The highest BCUT2D eigenvalue weighted by molar-refractivity contribution is 5.94. The molecule has 0 unspecified atom stereocenters. The van der Waals surface area contributed by atoms with Gasteiger partial charge in [-0.3, -0.25) is 4.79 Å². The van der Waals surface area contributed by atoms with Crippen molar-refractivity contribution in [1.29, 1.82) is 0 Å². The van der Waals surface area contributed by atoms with Crippen molar-refractivity contribution in [3.8, 4) is 5.75 Å². The number of ether oxygens (including phenoxy) is 1. The van der Waals surface area contributed by atoms with Gasteiger partial charge in [-0.2, -0.15) is 0 Å². The lowest BCUT2D eigenvalue weighted by Gasteiger charge is -2.22. The molecule has 0 saturated carbocycles. The quantitative estimate of drug-likeness (QED) is 0.673. The number of benzene rings is 2. The lowest BCUT2D eigenvalue weighted by molar-refractivity contribution is 0.0717. The Kier molecular flexibility index (Phi) is 5.14. The van der Waals surface area contributed by atoms with E-state index >= 15 is 0 Å². The maximum atomic E-state index is 13.1. The van der Waals surface area contributed by atoms with Gasteiger partial charge in [-0.05, 0) is 54.1 Å². The molecule has 0 fully saturated rings. The first-order valence-electron chi connectivity index (χ1n) is 7.86. The molecule has 1 amide bonds. The van der Waals surface area contributed by atoms with Crippen molar-refractivity contribution in [2.75, 3.05) is 7.11 Å². The fourth-order valence-corrected chi connectivity index (χ4v) is 2.52. The number of hydrogen-bond acceptors (Lipinski definition) is 3. The van der Waals surface area contributed by atoms with Gasteiger partial charge in [-0.15, -0.1) is 0 Å². The number of halogens is 1. The second-order valence-corrected chi connectivity index (χ2v) is 5.60. The first-order valence-corrected chi connectivity index (χ1v) is 7.86. The fraction of sp³-hybridized carbons (Fsp3) is 0.150. The Morgan fingerprint density at radius 2 is 1.76 bits per heavy atom. The number of furan rings is 1. The van der Waals surface area contributed by atoms with Gasteiger partial charge in [0.1, 0.15) is 17.3 Å². The first-order chi connectivity index (χ1) is 12.2. The average Bonchev–Trinajstić information content (AvgIpc) is 3.15. The van der Waals surface area contributed by atoms with Crippen molar-refractivity contribution >= 4 is 5.91 Å². The number of methoxy groups -OCH3 is 1. The van der Waals surface area contributed by atoms with Gasteiger partial charge in [0, 0.05) is 12.1 Å². The summed E-state index contributed by atoms with van der Waals surface area (Å²) in [5, 5.41) is 0. The van der Waals surface area contributed by atoms with Gasteiger partial charge in [-0.1, -0.05) is 12.1 Å². The number of nitrogens with zero attached hydrogens (tertiary/aromatic N) is 1. The third-order valence-electron chi connectivity index (χ3n) is 3.84. The summed E-state index contributed by atoms with van der Waals surface area (Å²) in [5.41, 5.74) is 1.39. The molecule has 2 aromatic carbocycles. The predicted molar refractivity (Wildman–Crippen MR) is 91.7 cm³/mol. The number of amides is 1. The first kappa shape index (κ1) is 16.8. The van der Waals surface area contributed by atoms with Crippen molar-refractivity contribution in [2.45, 2.75) is 13.1 Å². The Hall–Kier alpha value is -3.08. The van der Waals surface area contributed by atoms with Crippen LogP contribution in [0, 0.1) is 5.82 Å². The van der Waals surface area contributed by atoms with E-state index < -0.39 is 0 Å². The van der Waals surface area contributed by atoms with Gasteiger partial charge < -0.3 is 14.1 Å². The second-order valence-electron chi connectivity index (χ2n) is 5.60. The predicted octanol–water partition coefficient (Wildman–Crippen LogP) is 4.27. The molecule has 1 aromatic heterocycles. The molecule has 0 N–H and O–H groups in total. The maximum absolute atomic E-state index is 13.1. The topological polar surface area (TPSA) is 42.7 Å². The molecule has 1 heterocycles. The molecule has 0 aliphatic rings. The van der Waals surface area contributed by atoms with E-state index in [-0.39, 0.29) is 11.7 Å². The van der Waals surface area contributed by atoms with Crippen LogP contribution in [0.4, 0.5) is 4.39 Å². The summed E-state index contributed by atoms with van der Waals surface area (Å²) in [7, 11) is 1.58. The Labute approximate surface area is 145 Å². The third-order valence-corrected chi connectivity index (χ3v) is 3.84. The number of rotatable bonds is 6. The third kappa shape index (κ3) is 4.26. The summed E-state index contributed by atoms with van der Waals surface area (Å²) in [6.45, 7) is 0.682. The summed E-state index contributed by atoms with van der Waals surface area (Å²) in [4.78, 5) is 14.6. The van der Waals surface area contributed by atoms with E-state index in [4.69, 9.17) is 9.15 Å². The smallest absolute Gasteiger partial charge is 0.254 e. The van der Waals surface area contributed by atoms with Gasteiger partial charge in [0.05, 0.1) is 19.9 Å². The van der Waals surface area contributed by atoms with Crippen LogP contribution >= 0.6 is 0 Å². The standard InChI is InChI=1S/C20H18FNO3/c1-24-18-10-6-16(7-11-18)20(23)22(14-19-3-2-12-25-19)13-15-4-8-17(21)9-5-15/h2-12H,13-14H2,1H3. The van der Waals surface area contributed by atoms with Gasteiger partial charge >= 0.3 is 0 Å². The van der Waals surface area contributed by atoms with E-state index in [0.29, 0.717) is 30.2 Å². The Morgan fingerprint density at radius 3 is 2.36 bits per heavy atom. The fourth-order valence-electron chi connectivity index (χ4n) is 2.52. The van der Waals surface area contributed by atoms with Crippen LogP contribution in [0.1, 0.15) is 21.7 Å². The molecule has 3 rings (SSSR count). The monoisotopic (exact) mass is 339 g/mol. The number of hydrogen-bond donors (Lipinski definition) is 0. The molecule has 0 atom stereocenters. The summed E-state index contributed by atoms with van der Waals surface area (Å²) in [6, 6.07) is 16.7. The van der Waals surface area contributed by atoms with Gasteiger partial charge in [0.15, 0.2) is 0 Å². The van der Waals surface area contributed by atoms with Crippen LogP contribution in [0.25, 0.3) is 0 Å². The minimum atomic E-state index is -0.303. The molecule has 128 valence electrons. The zero-order valence-corrected chi connectivity index (χ0v) is 13.8. The number of carbonyl (C=O) groups is 1. The van der Waals surface area contributed by atoms with Crippen LogP contribution in [0.5, 0.6) is 5.75 Å². The van der Waals surface area contributed by atoms with Gasteiger partial charge in [-0.25, -0.2) is 4.39 Å². The van der Waals surface area contributed by atoms with Crippen LogP contribution in [0.2, 0.25) is 0 Å². The van der Waals surface area contributed by atoms with E-state index in [2.05, 4.69) is 0 Å². The minimum absolute atomic E-state index is 0.136. The molecule has 0 aliphatic carbocycles. The van der Waals surface area contributed by atoms with E-state index in [1.807, 2.05) is 6.07 Å². The Morgan fingerprint density at radius 1 is 1.04 bits per heavy atom. The Balaban J connectivity index is 1.83. The van der Waals surface area contributed by atoms with Crippen LogP contribution in [-0.2, 0) is 13.1 Å². The van der Waals surface area contributed by atoms with E-state index in [1.54, 1.807) is 60.7 Å². The molecule has 4 nitrogen and oxygen atoms in total. The highest BCUT2D eigenvalue weighted by atomic mass is 19.1. The highest BCUT2D eigenvalue weighted by Crippen LogP contribution is 2.17. The molecule has 3 aromatic rings. The molecule has 0 radical (unpaired) electrons. The molecule has 5 heteroatoms. The number of carbonyl (C=O) groups excluding carboxylic acids is 1. The molecular weight excluding hydrogens is 321 g/mol. The van der Waals surface area contributed by atoms with Crippen LogP contribution in [-0.4, -0.2) is 17.9 Å². The SMILES string of the molecule is COc1ccc(C(=O)N(Cc2ccc(F)cc2)Cc2ccco2)cc1. The van der Waals surface area contributed by atoms with E-state index in [9.17, 15) is 9.18 Å². The lowest BCUT2D eigenvalue weighted by Crippen LogP contribution is -2.30. The van der Waals surface area contributed by atoms with Crippen molar-refractivity contribution in [2.24, 2.45) is 0 Å². The molecule has 0 bridgehead atoms. The van der Waals surface area contributed by atoms with Crippen molar-refractivity contribution in [3.05, 3.63) is 89.6 Å². The Bertz CT molecular complexity index is 811. The summed E-state index contributed by atoms with van der Waals surface area (Å²) < 4.78 is 23.6. The summed E-state index contributed by atoms with van der Waals surface area (Å²) in [6.07, 6.45) is 1.57. The van der Waals surface area contributed by atoms with Crippen LogP contribution in [0.15, 0.2) is 71.3 Å². The maximum Gasteiger partial charge on any atom is 0.254 e. The highest BCUT2D eigenvalue weighted by Gasteiger charge is 2.18. The summed E-state index contributed by atoms with van der Waals surface area (Å²) >= 11 is 0.